The van der Waals surface area contributed by atoms with Crippen LogP contribution in [0.3, 0.4) is 0 Å². The Hall–Kier alpha value is -1.05. The molecule has 7 heteroatoms. The second kappa shape index (κ2) is 7.40. The number of thioether (sulfide) groups is 1. The van der Waals surface area contributed by atoms with Gasteiger partial charge in [0.25, 0.3) is 0 Å². The van der Waals surface area contributed by atoms with Crippen LogP contribution in [0.25, 0.3) is 0 Å². The Labute approximate surface area is 111 Å². The van der Waals surface area contributed by atoms with Gasteiger partial charge >= 0.3 is 0 Å². The number of hydrogen-bond acceptors (Lipinski definition) is 5. The van der Waals surface area contributed by atoms with E-state index in [-0.39, 0.29) is 11.7 Å². The van der Waals surface area contributed by atoms with Crippen LogP contribution in [0.2, 0.25) is 0 Å². The molecule has 0 aliphatic rings. The fraction of sp³-hybridized carbons (Fsp3) is 0.636. The molecule has 1 aromatic heterocycles. The van der Waals surface area contributed by atoms with E-state index in [4.69, 9.17) is 10.5 Å². The second-order valence-electron chi connectivity index (χ2n) is 3.92. The van der Waals surface area contributed by atoms with Crippen molar-refractivity contribution in [1.29, 1.82) is 0 Å². The van der Waals surface area contributed by atoms with Gasteiger partial charge in [-0.25, -0.2) is 0 Å². The predicted molar refractivity (Wildman–Crippen MR) is 71.4 cm³/mol. The van der Waals surface area contributed by atoms with Crippen molar-refractivity contribution in [3.63, 3.8) is 0 Å². The minimum Gasteiger partial charge on any atom is -0.383 e. The number of primary amides is 1. The smallest absolute Gasteiger partial charge is 0.227 e. The van der Waals surface area contributed by atoms with Crippen LogP contribution in [0.4, 0.5) is 0 Å². The molecular weight excluding hydrogens is 252 g/mol. The lowest BCUT2D eigenvalue weighted by atomic mass is 10.2. The third kappa shape index (κ3) is 4.32. The van der Waals surface area contributed by atoms with Gasteiger partial charge in [-0.05, 0) is 6.92 Å². The first-order valence-corrected chi connectivity index (χ1v) is 6.68. The van der Waals surface area contributed by atoms with Crippen molar-refractivity contribution in [1.82, 2.24) is 15.1 Å². The molecule has 1 heterocycles. The van der Waals surface area contributed by atoms with Gasteiger partial charge in [0.1, 0.15) is 0 Å². The van der Waals surface area contributed by atoms with Gasteiger partial charge in [-0.3, -0.25) is 9.48 Å². The first kappa shape index (κ1) is 15.0. The number of nitrogens with two attached hydrogens (primary N) is 1. The maximum atomic E-state index is 10.8. The van der Waals surface area contributed by atoms with Crippen molar-refractivity contribution >= 4 is 17.7 Å². The number of rotatable bonds is 8. The van der Waals surface area contributed by atoms with E-state index in [2.05, 4.69) is 10.4 Å². The third-order valence-corrected chi connectivity index (χ3v) is 3.64. The van der Waals surface area contributed by atoms with Crippen LogP contribution < -0.4 is 11.1 Å². The minimum absolute atomic E-state index is 0.268. The standard InChI is InChI=1S/C11H20N4O2S/c1-8-9(6-13-4-5-17-3)11(15(2)14-8)18-7-10(12)16/h13H,4-7H2,1-3H3,(H2,12,16). The van der Waals surface area contributed by atoms with Crippen molar-refractivity contribution < 1.29 is 9.53 Å². The molecule has 102 valence electrons. The summed E-state index contributed by atoms with van der Waals surface area (Å²) < 4.78 is 6.76. The lowest BCUT2D eigenvalue weighted by Gasteiger charge is -2.07. The lowest BCUT2D eigenvalue weighted by Crippen LogP contribution is -2.19. The second-order valence-corrected chi connectivity index (χ2v) is 4.88. The predicted octanol–water partition coefficient (Wildman–Crippen LogP) is 0.0419. The molecule has 0 unspecified atom stereocenters. The summed E-state index contributed by atoms with van der Waals surface area (Å²) in [6.07, 6.45) is 0. The molecule has 0 bridgehead atoms. The normalized spacial score (nSPS) is 10.8. The van der Waals surface area contributed by atoms with E-state index in [1.807, 2.05) is 14.0 Å². The van der Waals surface area contributed by atoms with Crippen LogP contribution in [0, 0.1) is 6.92 Å². The van der Waals surface area contributed by atoms with Gasteiger partial charge in [0, 0.05) is 32.8 Å². The molecule has 3 N–H and O–H groups in total. The Balaban J connectivity index is 2.66. The van der Waals surface area contributed by atoms with E-state index in [1.165, 1.54) is 11.8 Å². The first-order chi connectivity index (χ1) is 8.56. The van der Waals surface area contributed by atoms with Crippen LogP contribution in [-0.4, -0.2) is 41.7 Å². The molecule has 0 atom stereocenters. The molecule has 6 nitrogen and oxygen atoms in total. The molecule has 0 aliphatic carbocycles. The summed E-state index contributed by atoms with van der Waals surface area (Å²) in [4.78, 5) is 10.8. The summed E-state index contributed by atoms with van der Waals surface area (Å²) in [5, 5.41) is 8.62. The molecule has 0 saturated heterocycles. The Morgan fingerprint density at radius 3 is 2.94 bits per heavy atom. The van der Waals surface area contributed by atoms with Gasteiger partial charge in [0.15, 0.2) is 0 Å². The van der Waals surface area contributed by atoms with Crippen LogP contribution in [0.5, 0.6) is 0 Å². The van der Waals surface area contributed by atoms with Gasteiger partial charge < -0.3 is 15.8 Å². The van der Waals surface area contributed by atoms with E-state index >= 15 is 0 Å². The largest absolute Gasteiger partial charge is 0.383 e. The molecule has 0 radical (unpaired) electrons. The number of ether oxygens (including phenoxy) is 1. The monoisotopic (exact) mass is 272 g/mol. The Bertz CT molecular complexity index is 406. The molecule has 0 aliphatic heterocycles. The van der Waals surface area contributed by atoms with E-state index in [0.717, 1.165) is 22.8 Å². The molecule has 1 amide bonds. The van der Waals surface area contributed by atoms with Crippen LogP contribution in [-0.2, 0) is 23.1 Å². The highest BCUT2D eigenvalue weighted by Gasteiger charge is 2.14. The fourth-order valence-electron chi connectivity index (χ4n) is 1.59. The number of aryl methyl sites for hydroxylation is 2. The van der Waals surface area contributed by atoms with E-state index < -0.39 is 0 Å². The summed E-state index contributed by atoms with van der Waals surface area (Å²) in [6, 6.07) is 0. The molecule has 1 rings (SSSR count). The topological polar surface area (TPSA) is 82.2 Å². The SMILES string of the molecule is COCCNCc1c(C)nn(C)c1SCC(N)=O. The van der Waals surface area contributed by atoms with E-state index in [0.29, 0.717) is 13.2 Å². The highest BCUT2D eigenvalue weighted by atomic mass is 32.2. The summed E-state index contributed by atoms with van der Waals surface area (Å²) in [7, 11) is 3.54. The van der Waals surface area contributed by atoms with Crippen LogP contribution >= 0.6 is 11.8 Å². The molecular formula is C11H20N4O2S. The average molecular weight is 272 g/mol. The maximum absolute atomic E-state index is 10.8. The van der Waals surface area contributed by atoms with Crippen LogP contribution in [0.1, 0.15) is 11.3 Å². The zero-order valence-corrected chi connectivity index (χ0v) is 11.8. The number of carbonyl (C=O) groups is 1. The van der Waals surface area contributed by atoms with E-state index in [9.17, 15) is 4.79 Å². The van der Waals surface area contributed by atoms with Gasteiger partial charge in [-0.2, -0.15) is 5.10 Å². The lowest BCUT2D eigenvalue weighted by molar-refractivity contribution is -0.115. The average Bonchev–Trinajstić information content (AvgIpc) is 2.57. The van der Waals surface area contributed by atoms with Crippen molar-refractivity contribution in [2.45, 2.75) is 18.5 Å². The van der Waals surface area contributed by atoms with Gasteiger partial charge in [-0.1, -0.05) is 11.8 Å². The van der Waals surface area contributed by atoms with Crippen molar-refractivity contribution in [2.24, 2.45) is 12.8 Å². The van der Waals surface area contributed by atoms with Crippen molar-refractivity contribution in [3.05, 3.63) is 11.3 Å². The number of aromatic nitrogens is 2. The maximum Gasteiger partial charge on any atom is 0.227 e. The molecule has 1 aromatic rings. The number of hydrogen-bond donors (Lipinski definition) is 2. The first-order valence-electron chi connectivity index (χ1n) is 5.69. The molecule has 0 saturated carbocycles. The Morgan fingerprint density at radius 2 is 2.33 bits per heavy atom. The Morgan fingerprint density at radius 1 is 1.61 bits per heavy atom. The number of carbonyl (C=O) groups excluding carboxylic acids is 1. The minimum atomic E-state index is -0.322. The van der Waals surface area contributed by atoms with Gasteiger partial charge in [0.05, 0.1) is 23.1 Å². The number of nitrogens with zero attached hydrogens (tertiary/aromatic N) is 2. The van der Waals surface area contributed by atoms with Crippen LogP contribution in [0.15, 0.2) is 5.03 Å². The zero-order valence-electron chi connectivity index (χ0n) is 11.0. The highest BCUT2D eigenvalue weighted by molar-refractivity contribution is 8.00. The Kier molecular flexibility index (Phi) is 6.17. The summed E-state index contributed by atoms with van der Waals surface area (Å²) in [5.74, 6) is -0.0542. The summed E-state index contributed by atoms with van der Waals surface area (Å²) in [6.45, 7) is 4.12. The molecule has 0 spiro atoms. The summed E-state index contributed by atoms with van der Waals surface area (Å²) >= 11 is 1.42. The van der Waals surface area contributed by atoms with E-state index in [1.54, 1.807) is 11.8 Å². The summed E-state index contributed by atoms with van der Waals surface area (Å²) in [5.41, 5.74) is 7.24. The number of amides is 1. The quantitative estimate of drug-likeness (QED) is 0.516. The van der Waals surface area contributed by atoms with Gasteiger partial charge in [0.2, 0.25) is 5.91 Å². The zero-order chi connectivity index (χ0) is 13.5. The third-order valence-electron chi connectivity index (χ3n) is 2.42. The number of methoxy groups -OCH3 is 1. The highest BCUT2D eigenvalue weighted by Crippen LogP contribution is 2.24. The van der Waals surface area contributed by atoms with Crippen molar-refractivity contribution in [2.75, 3.05) is 26.0 Å². The molecule has 18 heavy (non-hydrogen) atoms. The molecule has 0 aromatic carbocycles. The van der Waals surface area contributed by atoms with Crippen molar-refractivity contribution in [3.8, 4) is 0 Å². The number of nitrogens with one attached hydrogen (secondary N) is 1. The molecule has 0 fully saturated rings. The van der Waals surface area contributed by atoms with Gasteiger partial charge in [-0.15, -0.1) is 0 Å². The fourth-order valence-corrected chi connectivity index (χ4v) is 2.49.